The number of nitrogens with one attached hydrogen (secondary N) is 1. The highest BCUT2D eigenvalue weighted by Gasteiger charge is 2.37. The van der Waals surface area contributed by atoms with Gasteiger partial charge in [0.05, 0.1) is 11.8 Å². The third-order valence-corrected chi connectivity index (χ3v) is 4.94. The zero-order valence-corrected chi connectivity index (χ0v) is 12.0. The highest BCUT2D eigenvalue weighted by atomic mass is 32.2. The minimum Gasteiger partial charge on any atom is -0.481 e. The first-order valence-corrected chi connectivity index (χ1v) is 8.14. The van der Waals surface area contributed by atoms with E-state index in [2.05, 4.69) is 10.2 Å². The van der Waals surface area contributed by atoms with E-state index in [1.165, 1.54) is 0 Å². The van der Waals surface area contributed by atoms with Crippen LogP contribution in [0.5, 0.6) is 0 Å². The van der Waals surface area contributed by atoms with Crippen molar-refractivity contribution in [3.63, 3.8) is 0 Å². The first kappa shape index (κ1) is 14.7. The van der Waals surface area contributed by atoms with Gasteiger partial charge in [-0.15, -0.1) is 0 Å². The van der Waals surface area contributed by atoms with E-state index in [0.717, 1.165) is 37.6 Å². The summed E-state index contributed by atoms with van der Waals surface area (Å²) in [5.74, 6) is 0.623. The largest absolute Gasteiger partial charge is 0.481 e. The van der Waals surface area contributed by atoms with Gasteiger partial charge in [-0.05, 0) is 12.8 Å². The Bertz CT molecular complexity index is 332. The fourth-order valence-corrected chi connectivity index (χ4v) is 3.84. The van der Waals surface area contributed by atoms with Crippen LogP contribution in [0, 0.1) is 11.8 Å². The van der Waals surface area contributed by atoms with E-state index in [1.54, 1.807) is 0 Å². The zero-order chi connectivity index (χ0) is 13.7. The SMILES string of the molecule is O=C(O)[C@H]1CCC[C@H]1C(=O)NCCN1CCSCC1. The quantitative estimate of drug-likeness (QED) is 0.777. The lowest BCUT2D eigenvalue weighted by molar-refractivity contribution is -0.146. The van der Waals surface area contributed by atoms with Gasteiger partial charge in [0.15, 0.2) is 0 Å². The van der Waals surface area contributed by atoms with Gasteiger partial charge >= 0.3 is 5.97 Å². The molecule has 0 aromatic carbocycles. The first-order valence-electron chi connectivity index (χ1n) is 6.99. The number of carbonyl (C=O) groups excluding carboxylic acids is 1. The van der Waals surface area contributed by atoms with Crippen LogP contribution in [0.15, 0.2) is 0 Å². The molecular formula is C13H22N2O3S. The zero-order valence-electron chi connectivity index (χ0n) is 11.1. The molecule has 0 aromatic rings. The molecule has 1 heterocycles. The van der Waals surface area contributed by atoms with Crippen LogP contribution in [0.4, 0.5) is 0 Å². The van der Waals surface area contributed by atoms with Crippen molar-refractivity contribution < 1.29 is 14.7 Å². The highest BCUT2D eigenvalue weighted by Crippen LogP contribution is 2.31. The number of hydrogen-bond donors (Lipinski definition) is 2. The molecule has 1 aliphatic heterocycles. The molecule has 19 heavy (non-hydrogen) atoms. The molecule has 1 saturated carbocycles. The van der Waals surface area contributed by atoms with Gasteiger partial charge in [-0.25, -0.2) is 0 Å². The van der Waals surface area contributed by atoms with Crippen LogP contribution in [0.25, 0.3) is 0 Å². The predicted octanol–water partition coefficient (Wildman–Crippen LogP) is 0.652. The summed E-state index contributed by atoms with van der Waals surface area (Å²) in [5, 5.41) is 12.0. The highest BCUT2D eigenvalue weighted by molar-refractivity contribution is 7.99. The lowest BCUT2D eigenvalue weighted by Crippen LogP contribution is -2.42. The van der Waals surface area contributed by atoms with E-state index < -0.39 is 11.9 Å². The summed E-state index contributed by atoms with van der Waals surface area (Å²) >= 11 is 1.97. The minimum atomic E-state index is -0.828. The lowest BCUT2D eigenvalue weighted by atomic mass is 9.95. The monoisotopic (exact) mass is 286 g/mol. The van der Waals surface area contributed by atoms with Gasteiger partial charge in [0.2, 0.25) is 5.91 Å². The number of carboxylic acids is 1. The third-order valence-electron chi connectivity index (χ3n) is 4.00. The Morgan fingerprint density at radius 3 is 2.58 bits per heavy atom. The molecule has 5 nitrogen and oxygen atoms in total. The Balaban J connectivity index is 1.70. The Hall–Kier alpha value is -0.750. The molecule has 2 atom stereocenters. The van der Waals surface area contributed by atoms with E-state index in [0.29, 0.717) is 19.4 Å². The Morgan fingerprint density at radius 1 is 1.21 bits per heavy atom. The molecule has 1 amide bonds. The number of carbonyl (C=O) groups is 2. The maximum atomic E-state index is 12.0. The van der Waals surface area contributed by atoms with Crippen molar-refractivity contribution in [3.05, 3.63) is 0 Å². The Morgan fingerprint density at radius 2 is 1.89 bits per heavy atom. The molecule has 0 bridgehead atoms. The first-order chi connectivity index (χ1) is 9.18. The Kier molecular flexibility index (Phi) is 5.51. The number of nitrogens with zero attached hydrogens (tertiary/aromatic N) is 1. The molecule has 0 radical (unpaired) electrons. The molecule has 6 heteroatoms. The predicted molar refractivity (Wildman–Crippen MR) is 75.2 cm³/mol. The fourth-order valence-electron chi connectivity index (χ4n) is 2.86. The second-order valence-corrected chi connectivity index (χ2v) is 6.45. The second-order valence-electron chi connectivity index (χ2n) is 5.23. The van der Waals surface area contributed by atoms with Crippen molar-refractivity contribution in [1.82, 2.24) is 10.2 Å². The van der Waals surface area contributed by atoms with Crippen LogP contribution in [-0.4, -0.2) is 59.6 Å². The number of hydrogen-bond acceptors (Lipinski definition) is 4. The average Bonchev–Trinajstić information content (AvgIpc) is 2.89. The second kappa shape index (κ2) is 7.14. The standard InChI is InChI=1S/C13H22N2O3S/c16-12(10-2-1-3-11(10)13(17)18)14-4-5-15-6-8-19-9-7-15/h10-11H,1-9H2,(H,14,16)(H,17,18)/t10-,11+/m1/s1. The molecule has 2 fully saturated rings. The number of thioether (sulfide) groups is 1. The van der Waals surface area contributed by atoms with E-state index >= 15 is 0 Å². The molecule has 2 N–H and O–H groups in total. The summed E-state index contributed by atoms with van der Waals surface area (Å²) in [4.78, 5) is 25.4. The van der Waals surface area contributed by atoms with Crippen molar-refractivity contribution in [2.45, 2.75) is 19.3 Å². The van der Waals surface area contributed by atoms with Gasteiger partial charge in [0.25, 0.3) is 0 Å². The van der Waals surface area contributed by atoms with Crippen molar-refractivity contribution >= 4 is 23.6 Å². The molecule has 2 aliphatic rings. The summed E-state index contributed by atoms with van der Waals surface area (Å²) in [6.45, 7) is 3.67. The number of carboxylic acid groups (broad SMARTS) is 1. The molecule has 1 saturated heterocycles. The molecule has 0 aromatic heterocycles. The third kappa shape index (κ3) is 4.11. The molecule has 108 valence electrons. The van der Waals surface area contributed by atoms with Gasteiger partial charge in [-0.2, -0.15) is 11.8 Å². The van der Waals surface area contributed by atoms with E-state index in [-0.39, 0.29) is 11.8 Å². The molecule has 1 aliphatic carbocycles. The topological polar surface area (TPSA) is 69.6 Å². The summed E-state index contributed by atoms with van der Waals surface area (Å²) in [5.41, 5.74) is 0. The van der Waals surface area contributed by atoms with Gasteiger partial charge in [0, 0.05) is 37.7 Å². The van der Waals surface area contributed by atoms with Crippen LogP contribution in [0.1, 0.15) is 19.3 Å². The van der Waals surface area contributed by atoms with Crippen LogP contribution in [-0.2, 0) is 9.59 Å². The molecule has 0 spiro atoms. The van der Waals surface area contributed by atoms with Crippen LogP contribution < -0.4 is 5.32 Å². The van der Waals surface area contributed by atoms with E-state index in [4.69, 9.17) is 5.11 Å². The normalized spacial score (nSPS) is 28.2. The summed E-state index contributed by atoms with van der Waals surface area (Å²) in [6.07, 6.45) is 2.19. The maximum absolute atomic E-state index is 12.0. The van der Waals surface area contributed by atoms with Crippen molar-refractivity contribution in [2.75, 3.05) is 37.7 Å². The fraction of sp³-hybridized carbons (Fsp3) is 0.846. The number of rotatable bonds is 5. The van der Waals surface area contributed by atoms with Crippen molar-refractivity contribution in [3.8, 4) is 0 Å². The van der Waals surface area contributed by atoms with Crippen LogP contribution >= 0.6 is 11.8 Å². The van der Waals surface area contributed by atoms with Crippen molar-refractivity contribution in [2.24, 2.45) is 11.8 Å². The molecule has 2 rings (SSSR count). The van der Waals surface area contributed by atoms with E-state index in [1.807, 2.05) is 11.8 Å². The number of amides is 1. The van der Waals surface area contributed by atoms with Gasteiger partial charge in [0.1, 0.15) is 0 Å². The van der Waals surface area contributed by atoms with Crippen molar-refractivity contribution in [1.29, 1.82) is 0 Å². The Labute approximate surface area is 118 Å². The van der Waals surface area contributed by atoms with Gasteiger partial charge in [-0.3, -0.25) is 14.5 Å². The summed E-state index contributed by atoms with van der Waals surface area (Å²) < 4.78 is 0. The summed E-state index contributed by atoms with van der Waals surface area (Å²) in [7, 11) is 0. The maximum Gasteiger partial charge on any atom is 0.307 e. The van der Waals surface area contributed by atoms with Gasteiger partial charge < -0.3 is 10.4 Å². The summed E-state index contributed by atoms with van der Waals surface area (Å²) in [6, 6.07) is 0. The minimum absolute atomic E-state index is 0.0729. The molecular weight excluding hydrogens is 264 g/mol. The van der Waals surface area contributed by atoms with Crippen LogP contribution in [0.2, 0.25) is 0 Å². The number of aliphatic carboxylic acids is 1. The van der Waals surface area contributed by atoms with Gasteiger partial charge in [-0.1, -0.05) is 6.42 Å². The average molecular weight is 286 g/mol. The molecule has 0 unspecified atom stereocenters. The van der Waals surface area contributed by atoms with Crippen LogP contribution in [0.3, 0.4) is 0 Å². The van der Waals surface area contributed by atoms with E-state index in [9.17, 15) is 9.59 Å². The smallest absolute Gasteiger partial charge is 0.307 e. The lowest BCUT2D eigenvalue weighted by Gasteiger charge is -2.26.